The van der Waals surface area contributed by atoms with E-state index in [9.17, 15) is 0 Å². The first-order chi connectivity index (χ1) is 8.66. The van der Waals surface area contributed by atoms with Crippen molar-refractivity contribution < 1.29 is 0 Å². The van der Waals surface area contributed by atoms with Gasteiger partial charge in [-0.05, 0) is 30.8 Å². The summed E-state index contributed by atoms with van der Waals surface area (Å²) in [5.41, 5.74) is 7.18. The fraction of sp³-hybridized carbons (Fsp3) is 0.583. The lowest BCUT2D eigenvalue weighted by atomic mass is 9.94. The van der Waals surface area contributed by atoms with Crippen LogP contribution in [0, 0.1) is 12.8 Å². The predicted molar refractivity (Wildman–Crippen MR) is 73.9 cm³/mol. The molecule has 0 amide bonds. The van der Waals surface area contributed by atoms with Crippen LogP contribution in [-0.4, -0.2) is 33.5 Å². The van der Waals surface area contributed by atoms with E-state index in [-0.39, 0.29) is 6.04 Å². The Labute approximate surface area is 110 Å². The summed E-state index contributed by atoms with van der Waals surface area (Å²) in [6, 6.07) is 0.218. The van der Waals surface area contributed by atoms with E-state index in [1.807, 2.05) is 6.92 Å². The molecule has 1 fully saturated rings. The number of rotatable bonds is 1. The van der Waals surface area contributed by atoms with Crippen molar-refractivity contribution in [2.75, 3.05) is 18.0 Å². The molecule has 2 unspecified atom stereocenters. The molecule has 2 aromatic heterocycles. The van der Waals surface area contributed by atoms with E-state index in [2.05, 4.69) is 26.2 Å². The van der Waals surface area contributed by atoms with Gasteiger partial charge in [0.25, 0.3) is 0 Å². The summed E-state index contributed by atoms with van der Waals surface area (Å²) < 4.78 is 4.37. The summed E-state index contributed by atoms with van der Waals surface area (Å²) in [6.45, 7) is 6.10. The lowest BCUT2D eigenvalue weighted by Crippen LogP contribution is -2.48. The maximum absolute atomic E-state index is 6.17. The van der Waals surface area contributed by atoms with Crippen molar-refractivity contribution in [3.05, 3.63) is 12.0 Å². The highest BCUT2D eigenvalue weighted by Crippen LogP contribution is 2.30. The van der Waals surface area contributed by atoms with E-state index in [4.69, 9.17) is 5.73 Å². The van der Waals surface area contributed by atoms with E-state index in [0.717, 1.165) is 41.2 Å². The van der Waals surface area contributed by atoms with Gasteiger partial charge in [-0.1, -0.05) is 6.92 Å². The van der Waals surface area contributed by atoms with E-state index in [1.54, 1.807) is 6.33 Å². The number of nitrogens with zero attached hydrogens (tertiary/aromatic N) is 4. The monoisotopic (exact) mass is 263 g/mol. The van der Waals surface area contributed by atoms with Crippen LogP contribution in [-0.2, 0) is 0 Å². The third kappa shape index (κ3) is 1.85. The summed E-state index contributed by atoms with van der Waals surface area (Å²) in [7, 11) is 0. The van der Waals surface area contributed by atoms with Crippen LogP contribution in [0.25, 0.3) is 10.2 Å². The second kappa shape index (κ2) is 4.44. The molecule has 5 nitrogen and oxygen atoms in total. The largest absolute Gasteiger partial charge is 0.354 e. The van der Waals surface area contributed by atoms with Gasteiger partial charge in [0.15, 0.2) is 0 Å². The molecule has 2 aromatic rings. The molecule has 0 bridgehead atoms. The maximum atomic E-state index is 6.17. The van der Waals surface area contributed by atoms with Crippen molar-refractivity contribution in [2.24, 2.45) is 11.7 Å². The zero-order valence-corrected chi connectivity index (χ0v) is 11.4. The molecule has 1 aliphatic heterocycles. The van der Waals surface area contributed by atoms with Gasteiger partial charge in [0.2, 0.25) is 0 Å². The molecule has 3 rings (SSSR count). The molecule has 2 N–H and O–H groups in total. The molecule has 0 saturated carbocycles. The highest BCUT2D eigenvalue weighted by molar-refractivity contribution is 7.13. The van der Waals surface area contributed by atoms with Gasteiger partial charge in [-0.25, -0.2) is 9.97 Å². The van der Waals surface area contributed by atoms with Crippen molar-refractivity contribution in [2.45, 2.75) is 26.3 Å². The topological polar surface area (TPSA) is 67.9 Å². The molecule has 2 atom stereocenters. The quantitative estimate of drug-likeness (QED) is 0.846. The minimum absolute atomic E-state index is 0.218. The third-order valence-corrected chi connectivity index (χ3v) is 4.59. The first kappa shape index (κ1) is 11.8. The first-order valence-electron chi connectivity index (χ1n) is 6.24. The Bertz CT molecular complexity index is 567. The smallest absolute Gasteiger partial charge is 0.149 e. The highest BCUT2D eigenvalue weighted by atomic mass is 32.1. The Morgan fingerprint density at radius 2 is 2.28 bits per heavy atom. The summed E-state index contributed by atoms with van der Waals surface area (Å²) in [4.78, 5) is 12.0. The summed E-state index contributed by atoms with van der Waals surface area (Å²) in [6.07, 6.45) is 2.74. The Hall–Kier alpha value is -1.27. The van der Waals surface area contributed by atoms with Gasteiger partial charge in [-0.2, -0.15) is 4.37 Å². The van der Waals surface area contributed by atoms with Crippen molar-refractivity contribution in [1.29, 1.82) is 0 Å². The molecular formula is C12H17N5S. The number of piperidine rings is 1. The molecule has 6 heteroatoms. The normalized spacial score (nSPS) is 24.7. The fourth-order valence-electron chi connectivity index (χ4n) is 2.44. The van der Waals surface area contributed by atoms with Crippen LogP contribution in [0.3, 0.4) is 0 Å². The summed E-state index contributed by atoms with van der Waals surface area (Å²) >= 11 is 1.43. The van der Waals surface area contributed by atoms with Gasteiger partial charge in [0, 0.05) is 19.1 Å². The molecule has 0 spiro atoms. The van der Waals surface area contributed by atoms with Crippen LogP contribution in [0.1, 0.15) is 19.0 Å². The Morgan fingerprint density at radius 1 is 1.44 bits per heavy atom. The van der Waals surface area contributed by atoms with Crippen molar-refractivity contribution in [1.82, 2.24) is 14.3 Å². The van der Waals surface area contributed by atoms with Crippen LogP contribution >= 0.6 is 11.5 Å². The van der Waals surface area contributed by atoms with Crippen molar-refractivity contribution in [3.8, 4) is 0 Å². The number of hydrogen-bond acceptors (Lipinski definition) is 6. The zero-order valence-electron chi connectivity index (χ0n) is 10.6. The van der Waals surface area contributed by atoms with Gasteiger partial charge < -0.3 is 10.6 Å². The molecule has 18 heavy (non-hydrogen) atoms. The molecule has 0 aromatic carbocycles. The minimum atomic E-state index is 0.218. The Balaban J connectivity index is 2.01. The molecule has 1 aliphatic rings. The number of aryl methyl sites for hydroxylation is 1. The van der Waals surface area contributed by atoms with Gasteiger partial charge in [0.1, 0.15) is 17.0 Å². The van der Waals surface area contributed by atoms with Crippen LogP contribution in [0.5, 0.6) is 0 Å². The molecule has 96 valence electrons. The lowest BCUT2D eigenvalue weighted by Gasteiger charge is -2.36. The van der Waals surface area contributed by atoms with Crippen LogP contribution in [0.15, 0.2) is 6.33 Å². The van der Waals surface area contributed by atoms with Gasteiger partial charge in [-0.3, -0.25) is 0 Å². The molecule has 3 heterocycles. The van der Waals surface area contributed by atoms with Crippen molar-refractivity contribution in [3.63, 3.8) is 0 Å². The summed E-state index contributed by atoms with van der Waals surface area (Å²) in [5, 5.41) is 1.09. The molecular weight excluding hydrogens is 246 g/mol. The predicted octanol–water partition coefficient (Wildman–Crippen LogP) is 1.57. The number of nitrogens with two attached hydrogens (primary N) is 1. The van der Waals surface area contributed by atoms with Crippen LogP contribution in [0.4, 0.5) is 5.82 Å². The average molecular weight is 263 g/mol. The lowest BCUT2D eigenvalue weighted by molar-refractivity contribution is 0.378. The Kier molecular flexibility index (Phi) is 2.91. The average Bonchev–Trinajstić information content (AvgIpc) is 2.75. The SMILES string of the molecule is Cc1nsc2ncnc(N3CCC(C)C(N)C3)c12. The molecule has 0 aliphatic carbocycles. The van der Waals surface area contributed by atoms with Crippen molar-refractivity contribution >= 4 is 27.6 Å². The van der Waals surface area contributed by atoms with E-state index in [0.29, 0.717) is 5.92 Å². The number of hydrogen-bond donors (Lipinski definition) is 1. The number of anilines is 1. The first-order valence-corrected chi connectivity index (χ1v) is 7.01. The number of aromatic nitrogens is 3. The van der Waals surface area contributed by atoms with E-state index in [1.165, 1.54) is 11.5 Å². The van der Waals surface area contributed by atoms with Gasteiger partial charge in [0.05, 0.1) is 11.1 Å². The van der Waals surface area contributed by atoms with E-state index >= 15 is 0 Å². The maximum Gasteiger partial charge on any atom is 0.149 e. The summed E-state index contributed by atoms with van der Waals surface area (Å²) in [5.74, 6) is 1.58. The van der Waals surface area contributed by atoms with E-state index < -0.39 is 0 Å². The second-order valence-electron chi connectivity index (χ2n) is 5.02. The zero-order chi connectivity index (χ0) is 12.7. The third-order valence-electron chi connectivity index (χ3n) is 3.74. The van der Waals surface area contributed by atoms with Gasteiger partial charge >= 0.3 is 0 Å². The molecule has 1 saturated heterocycles. The minimum Gasteiger partial charge on any atom is -0.354 e. The van der Waals surface area contributed by atoms with Crippen LogP contribution in [0.2, 0.25) is 0 Å². The Morgan fingerprint density at radius 3 is 3.06 bits per heavy atom. The van der Waals surface area contributed by atoms with Gasteiger partial charge in [-0.15, -0.1) is 0 Å². The standard InChI is InChI=1S/C12H17N5S/c1-7-3-4-17(5-9(7)13)11-10-8(2)16-18-12(10)15-6-14-11/h6-7,9H,3-5,13H2,1-2H3. The molecule has 0 radical (unpaired) electrons. The number of fused-ring (bicyclic) bond motifs is 1. The fourth-order valence-corrected chi connectivity index (χ4v) is 3.17. The highest BCUT2D eigenvalue weighted by Gasteiger charge is 2.26. The van der Waals surface area contributed by atoms with Crippen LogP contribution < -0.4 is 10.6 Å². The second-order valence-corrected chi connectivity index (χ2v) is 5.77.